The molecule has 4 aliphatic carbocycles. The summed E-state index contributed by atoms with van der Waals surface area (Å²) in [5, 5.41) is 0. The average Bonchev–Trinajstić information content (AvgIpc) is 2.91. The Morgan fingerprint density at radius 2 is 0.641 bits per heavy atom. The largest absolute Gasteiger partial charge is 2.00 e. The van der Waals surface area contributed by atoms with Crippen LogP contribution < -0.4 is 24.8 Å². The first kappa shape index (κ1) is 40.4. The fourth-order valence-electron chi connectivity index (χ4n) is 7.42. The zero-order valence-corrected chi connectivity index (χ0v) is 30.3. The van der Waals surface area contributed by atoms with Gasteiger partial charge in [0.25, 0.3) is 0 Å². The zero-order chi connectivity index (χ0) is 25.6. The zero-order valence-electron chi connectivity index (χ0n) is 26.0. The first-order valence-corrected chi connectivity index (χ1v) is 19.7. The standard InChI is InChI=1S/2C17H31P.2ClH.Ni/c2*1-15(2)13-14-18(16-9-5-3-6-10-16)17-11-7-4-8-12-17;;;/h2*13,16-17H,3-12,14H2,1-2H3;2*1H;/q;;;;+2/p-2. The Balaban J connectivity index is 0.000000688. The molecule has 0 bridgehead atoms. The van der Waals surface area contributed by atoms with E-state index in [1.807, 2.05) is 0 Å². The Labute approximate surface area is 270 Å². The van der Waals surface area contributed by atoms with Crippen LogP contribution in [-0.2, 0) is 16.5 Å². The topological polar surface area (TPSA) is 0 Å². The molecule has 4 rings (SSSR count). The predicted molar refractivity (Wildman–Crippen MR) is 170 cm³/mol. The van der Waals surface area contributed by atoms with Crippen molar-refractivity contribution in [2.75, 3.05) is 12.3 Å². The van der Waals surface area contributed by atoms with Gasteiger partial charge in [0.15, 0.2) is 0 Å². The summed E-state index contributed by atoms with van der Waals surface area (Å²) in [6, 6.07) is 0. The van der Waals surface area contributed by atoms with E-state index in [0.29, 0.717) is 15.8 Å². The van der Waals surface area contributed by atoms with Crippen molar-refractivity contribution in [3.8, 4) is 0 Å². The first-order valence-electron chi connectivity index (χ1n) is 16.3. The minimum Gasteiger partial charge on any atom is -1.00 e. The third-order valence-corrected chi connectivity index (χ3v) is 16.6. The number of hydrogen-bond acceptors (Lipinski definition) is 0. The molecule has 0 unspecified atom stereocenters. The van der Waals surface area contributed by atoms with E-state index in [1.165, 1.54) is 101 Å². The quantitative estimate of drug-likeness (QED) is 0.165. The van der Waals surface area contributed by atoms with Gasteiger partial charge in [0.2, 0.25) is 0 Å². The molecule has 0 aromatic heterocycles. The van der Waals surface area contributed by atoms with Crippen LogP contribution in [0.4, 0.5) is 0 Å². The molecule has 4 fully saturated rings. The van der Waals surface area contributed by atoms with Crippen molar-refractivity contribution in [1.82, 2.24) is 0 Å². The molecule has 0 aliphatic heterocycles. The van der Waals surface area contributed by atoms with E-state index in [4.69, 9.17) is 0 Å². The van der Waals surface area contributed by atoms with Crippen LogP contribution in [0.1, 0.15) is 156 Å². The van der Waals surface area contributed by atoms with Crippen LogP contribution in [0, 0.1) is 0 Å². The van der Waals surface area contributed by atoms with Crippen molar-refractivity contribution in [1.29, 1.82) is 0 Å². The summed E-state index contributed by atoms with van der Waals surface area (Å²) >= 11 is 0. The Hall–Kier alpha value is 1.41. The van der Waals surface area contributed by atoms with Gasteiger partial charge in [0.05, 0.1) is 0 Å². The fraction of sp³-hybridized carbons (Fsp3) is 0.882. The van der Waals surface area contributed by atoms with E-state index in [2.05, 4.69) is 39.8 Å². The fourth-order valence-corrected chi connectivity index (χ4v) is 15.1. The average molecular weight is 662 g/mol. The van der Waals surface area contributed by atoms with E-state index in [0.717, 1.165) is 22.6 Å². The van der Waals surface area contributed by atoms with Crippen LogP contribution >= 0.6 is 15.8 Å². The second-order valence-electron chi connectivity index (χ2n) is 13.1. The maximum atomic E-state index is 2.55. The molecule has 0 saturated heterocycles. The van der Waals surface area contributed by atoms with Crippen LogP contribution in [0.15, 0.2) is 23.3 Å². The molecule has 0 amide bonds. The van der Waals surface area contributed by atoms with Crippen LogP contribution in [0.25, 0.3) is 0 Å². The Morgan fingerprint density at radius 1 is 0.436 bits per heavy atom. The van der Waals surface area contributed by atoms with E-state index in [-0.39, 0.29) is 41.3 Å². The molecule has 0 spiro atoms. The molecule has 0 aromatic carbocycles. The van der Waals surface area contributed by atoms with Gasteiger partial charge in [-0.15, -0.1) is 0 Å². The van der Waals surface area contributed by atoms with Gasteiger partial charge >= 0.3 is 16.5 Å². The van der Waals surface area contributed by atoms with Crippen molar-refractivity contribution in [3.63, 3.8) is 0 Å². The van der Waals surface area contributed by atoms with Crippen molar-refractivity contribution in [3.05, 3.63) is 23.3 Å². The van der Waals surface area contributed by atoms with Crippen LogP contribution in [-0.4, -0.2) is 35.0 Å². The minimum absolute atomic E-state index is 0. The molecule has 4 aliphatic rings. The molecule has 4 saturated carbocycles. The van der Waals surface area contributed by atoms with Crippen LogP contribution in [0.3, 0.4) is 0 Å². The van der Waals surface area contributed by atoms with Gasteiger partial charge < -0.3 is 24.8 Å². The third kappa shape index (κ3) is 15.6. The molecule has 232 valence electrons. The first-order chi connectivity index (χ1) is 17.5. The normalized spacial score (nSPS) is 21.5. The SMILES string of the molecule is CC(C)=CCP(C1CCCCC1)C1CCCCC1.CC(C)=CCP(C1CCCCC1)C1CCCCC1.[Cl-].[Cl-].[Ni+2]. The van der Waals surface area contributed by atoms with E-state index in [1.54, 1.807) is 51.4 Å². The van der Waals surface area contributed by atoms with Gasteiger partial charge in [0.1, 0.15) is 0 Å². The molecule has 0 N–H and O–H groups in total. The van der Waals surface area contributed by atoms with Gasteiger partial charge in [0, 0.05) is 0 Å². The van der Waals surface area contributed by atoms with E-state index >= 15 is 0 Å². The summed E-state index contributed by atoms with van der Waals surface area (Å²) in [7, 11) is 0.588. The van der Waals surface area contributed by atoms with Crippen molar-refractivity contribution < 1.29 is 41.3 Å². The number of hydrogen-bond donors (Lipinski definition) is 0. The van der Waals surface area contributed by atoms with Crippen molar-refractivity contribution >= 4 is 15.8 Å². The molecule has 0 radical (unpaired) electrons. The maximum absolute atomic E-state index is 2.55. The van der Waals surface area contributed by atoms with Gasteiger partial charge in [-0.1, -0.05) is 116 Å². The van der Waals surface area contributed by atoms with E-state index < -0.39 is 0 Å². The van der Waals surface area contributed by atoms with Gasteiger partial charge in [-0.3, -0.25) is 0 Å². The number of halogens is 2. The Morgan fingerprint density at radius 3 is 0.821 bits per heavy atom. The Bertz CT molecular complexity index is 544. The summed E-state index contributed by atoms with van der Waals surface area (Å²) in [5.41, 5.74) is 7.54. The predicted octanol–water partition coefficient (Wildman–Crippen LogP) is 6.21. The second-order valence-corrected chi connectivity index (χ2v) is 18.8. The molecule has 0 aromatic rings. The maximum Gasteiger partial charge on any atom is 2.00 e. The third-order valence-electron chi connectivity index (χ3n) is 9.60. The number of allylic oxidation sites excluding steroid dienone is 4. The summed E-state index contributed by atoms with van der Waals surface area (Å²) in [5.74, 6) is 0. The monoisotopic (exact) mass is 660 g/mol. The van der Waals surface area contributed by atoms with Crippen molar-refractivity contribution in [2.45, 2.75) is 179 Å². The summed E-state index contributed by atoms with van der Waals surface area (Å²) in [6.45, 7) is 9.09. The molecule has 0 heterocycles. The summed E-state index contributed by atoms with van der Waals surface area (Å²) in [4.78, 5) is 0. The van der Waals surface area contributed by atoms with Crippen LogP contribution in [0.5, 0.6) is 0 Å². The molecule has 0 atom stereocenters. The molecular weight excluding hydrogens is 600 g/mol. The molecule has 39 heavy (non-hydrogen) atoms. The van der Waals surface area contributed by atoms with Gasteiger partial charge in [-0.05, 0) is 114 Å². The van der Waals surface area contributed by atoms with Gasteiger partial charge in [-0.2, -0.15) is 0 Å². The molecule has 5 heteroatoms. The van der Waals surface area contributed by atoms with Crippen molar-refractivity contribution in [2.24, 2.45) is 0 Å². The Kier molecular flexibility index (Phi) is 24.7. The summed E-state index contributed by atoms with van der Waals surface area (Å²) < 4.78 is 0. The minimum atomic E-state index is 0. The van der Waals surface area contributed by atoms with E-state index in [9.17, 15) is 0 Å². The number of rotatable bonds is 8. The van der Waals surface area contributed by atoms with Crippen LogP contribution in [0.2, 0.25) is 0 Å². The smallest absolute Gasteiger partial charge is 1.00 e. The summed E-state index contributed by atoms with van der Waals surface area (Å²) in [6.07, 6.45) is 38.6. The second kappa shape index (κ2) is 23.8. The van der Waals surface area contributed by atoms with Gasteiger partial charge in [-0.25, -0.2) is 0 Å². The molecular formula is C34H62Cl2NiP2. The molecule has 0 nitrogen and oxygen atoms in total.